The molecular formula is C10H11ClFNO. The highest BCUT2D eigenvalue weighted by atomic mass is 35.5. The lowest BCUT2D eigenvalue weighted by Gasteiger charge is -2.03. The molecule has 14 heavy (non-hydrogen) atoms. The Morgan fingerprint density at radius 3 is 2.86 bits per heavy atom. The summed E-state index contributed by atoms with van der Waals surface area (Å²) < 4.78 is 12.8. The van der Waals surface area contributed by atoms with Crippen molar-refractivity contribution in [2.24, 2.45) is 0 Å². The topological polar surface area (TPSA) is 29.1 Å². The van der Waals surface area contributed by atoms with Gasteiger partial charge in [0, 0.05) is 12.1 Å². The Kier molecular flexibility index (Phi) is 3.89. The highest BCUT2D eigenvalue weighted by Gasteiger charge is 2.07. The number of hydrogen-bond acceptors (Lipinski definition) is 1. The first kappa shape index (κ1) is 11.0. The summed E-state index contributed by atoms with van der Waals surface area (Å²) in [6.07, 6.45) is 0.862. The average molecular weight is 216 g/mol. The normalized spacial score (nSPS) is 9.93. The second-order valence-corrected chi connectivity index (χ2v) is 3.29. The summed E-state index contributed by atoms with van der Waals surface area (Å²) in [4.78, 5) is 11.4. The second-order valence-electron chi connectivity index (χ2n) is 2.88. The highest BCUT2D eigenvalue weighted by molar-refractivity contribution is 6.31. The van der Waals surface area contributed by atoms with E-state index < -0.39 is 5.82 Å². The maximum absolute atomic E-state index is 12.8. The number of hydrogen-bond donors (Lipinski definition) is 1. The first-order chi connectivity index (χ1) is 6.65. The van der Waals surface area contributed by atoms with Gasteiger partial charge in [-0.05, 0) is 24.6 Å². The summed E-state index contributed by atoms with van der Waals surface area (Å²) >= 11 is 5.54. The van der Waals surface area contributed by atoms with E-state index in [0.29, 0.717) is 12.1 Å². The zero-order chi connectivity index (χ0) is 10.6. The Morgan fingerprint density at radius 2 is 2.29 bits per heavy atom. The lowest BCUT2D eigenvalue weighted by Crippen LogP contribution is -2.23. The van der Waals surface area contributed by atoms with E-state index in [2.05, 4.69) is 5.32 Å². The van der Waals surface area contributed by atoms with Crippen molar-refractivity contribution in [3.05, 3.63) is 34.6 Å². The van der Waals surface area contributed by atoms with Gasteiger partial charge >= 0.3 is 0 Å². The minimum Gasteiger partial charge on any atom is -0.352 e. The molecule has 4 heteroatoms. The van der Waals surface area contributed by atoms with Gasteiger partial charge in [-0.2, -0.15) is 0 Å². The summed E-state index contributed by atoms with van der Waals surface area (Å²) in [5.74, 6) is -0.743. The van der Waals surface area contributed by atoms with Gasteiger partial charge in [0.2, 0.25) is 0 Å². The van der Waals surface area contributed by atoms with Gasteiger partial charge in [-0.1, -0.05) is 18.5 Å². The largest absolute Gasteiger partial charge is 0.352 e. The molecule has 0 radical (unpaired) electrons. The Hall–Kier alpha value is -1.09. The molecule has 0 spiro atoms. The number of rotatable bonds is 3. The Morgan fingerprint density at radius 1 is 1.57 bits per heavy atom. The Balaban J connectivity index is 2.76. The van der Waals surface area contributed by atoms with Crippen LogP contribution < -0.4 is 5.32 Å². The quantitative estimate of drug-likeness (QED) is 0.825. The van der Waals surface area contributed by atoms with Crippen LogP contribution in [-0.2, 0) is 0 Å². The molecule has 0 aliphatic carbocycles. The number of carbonyl (C=O) groups excluding carboxylic acids is 1. The first-order valence-electron chi connectivity index (χ1n) is 4.38. The van der Waals surface area contributed by atoms with Crippen LogP contribution in [0.25, 0.3) is 0 Å². The van der Waals surface area contributed by atoms with Crippen molar-refractivity contribution in [3.63, 3.8) is 0 Å². The monoisotopic (exact) mass is 215 g/mol. The number of nitrogens with one attached hydrogen (secondary N) is 1. The molecule has 0 heterocycles. The molecular weight excluding hydrogens is 205 g/mol. The maximum atomic E-state index is 12.8. The third-order valence-corrected chi connectivity index (χ3v) is 2.01. The van der Waals surface area contributed by atoms with Gasteiger partial charge in [0.15, 0.2) is 0 Å². The van der Waals surface area contributed by atoms with E-state index in [1.807, 2.05) is 6.92 Å². The molecule has 0 bridgehead atoms. The van der Waals surface area contributed by atoms with E-state index >= 15 is 0 Å². The summed E-state index contributed by atoms with van der Waals surface area (Å²) in [6, 6.07) is 3.91. The Bertz CT molecular complexity index is 341. The van der Waals surface area contributed by atoms with Gasteiger partial charge in [-0.3, -0.25) is 4.79 Å². The van der Waals surface area contributed by atoms with Gasteiger partial charge in [-0.15, -0.1) is 0 Å². The fourth-order valence-corrected chi connectivity index (χ4v) is 1.16. The summed E-state index contributed by atoms with van der Waals surface area (Å²) in [7, 11) is 0. The lowest BCUT2D eigenvalue weighted by molar-refractivity contribution is 0.0953. The van der Waals surface area contributed by atoms with E-state index in [9.17, 15) is 9.18 Å². The minimum atomic E-state index is -0.515. The molecule has 0 atom stereocenters. The van der Waals surface area contributed by atoms with E-state index in [0.717, 1.165) is 6.42 Å². The van der Waals surface area contributed by atoms with Crippen molar-refractivity contribution in [3.8, 4) is 0 Å². The van der Waals surface area contributed by atoms with Crippen molar-refractivity contribution in [2.45, 2.75) is 13.3 Å². The number of carbonyl (C=O) groups is 1. The molecule has 1 N–H and O–H groups in total. The van der Waals surface area contributed by atoms with Crippen molar-refractivity contribution in [2.75, 3.05) is 6.54 Å². The van der Waals surface area contributed by atoms with Crippen LogP contribution in [0.5, 0.6) is 0 Å². The van der Waals surface area contributed by atoms with Crippen LogP contribution >= 0.6 is 11.6 Å². The maximum Gasteiger partial charge on any atom is 0.251 e. The molecule has 1 rings (SSSR count). The fraction of sp³-hybridized carbons (Fsp3) is 0.300. The molecule has 76 valence electrons. The number of benzene rings is 1. The molecule has 2 nitrogen and oxygen atoms in total. The molecule has 0 aliphatic heterocycles. The van der Waals surface area contributed by atoms with Gasteiger partial charge in [0.1, 0.15) is 5.82 Å². The van der Waals surface area contributed by atoms with E-state index in [-0.39, 0.29) is 10.9 Å². The van der Waals surface area contributed by atoms with E-state index in [1.165, 1.54) is 18.2 Å². The van der Waals surface area contributed by atoms with Crippen LogP contribution in [0.4, 0.5) is 4.39 Å². The highest BCUT2D eigenvalue weighted by Crippen LogP contribution is 2.15. The third kappa shape index (κ3) is 2.70. The standard InChI is InChI=1S/C10H11ClFNO/c1-2-5-13-10(14)7-3-4-9(12)8(11)6-7/h3-4,6H,2,5H2,1H3,(H,13,14). The predicted octanol–water partition coefficient (Wildman–Crippen LogP) is 2.62. The van der Waals surface area contributed by atoms with E-state index in [1.54, 1.807) is 0 Å². The Labute approximate surface area is 87.1 Å². The summed E-state index contributed by atoms with van der Waals surface area (Å²) in [6.45, 7) is 2.56. The predicted molar refractivity (Wildman–Crippen MR) is 54.0 cm³/mol. The molecule has 0 aliphatic rings. The zero-order valence-electron chi connectivity index (χ0n) is 7.81. The first-order valence-corrected chi connectivity index (χ1v) is 4.76. The SMILES string of the molecule is CCCNC(=O)c1ccc(F)c(Cl)c1. The molecule has 1 aromatic carbocycles. The van der Waals surface area contributed by atoms with Crippen LogP contribution in [-0.4, -0.2) is 12.5 Å². The van der Waals surface area contributed by atoms with Crippen molar-refractivity contribution in [1.29, 1.82) is 0 Å². The van der Waals surface area contributed by atoms with Crippen molar-refractivity contribution in [1.82, 2.24) is 5.32 Å². The van der Waals surface area contributed by atoms with Gasteiger partial charge in [0.05, 0.1) is 5.02 Å². The average Bonchev–Trinajstić information content (AvgIpc) is 2.18. The molecule has 1 aromatic rings. The molecule has 1 amide bonds. The van der Waals surface area contributed by atoms with Crippen molar-refractivity contribution >= 4 is 17.5 Å². The molecule has 0 saturated heterocycles. The molecule has 0 unspecified atom stereocenters. The second kappa shape index (κ2) is 4.96. The fourth-order valence-electron chi connectivity index (χ4n) is 0.978. The number of halogens is 2. The molecule has 0 saturated carbocycles. The zero-order valence-corrected chi connectivity index (χ0v) is 8.57. The molecule has 0 fully saturated rings. The molecule has 0 aromatic heterocycles. The van der Waals surface area contributed by atoms with Gasteiger partial charge < -0.3 is 5.32 Å². The van der Waals surface area contributed by atoms with Gasteiger partial charge in [0.25, 0.3) is 5.91 Å². The van der Waals surface area contributed by atoms with Crippen LogP contribution in [0.3, 0.4) is 0 Å². The van der Waals surface area contributed by atoms with Crippen LogP contribution in [0.15, 0.2) is 18.2 Å². The third-order valence-electron chi connectivity index (χ3n) is 1.72. The minimum absolute atomic E-state index is 0.0332. The summed E-state index contributed by atoms with van der Waals surface area (Å²) in [5.41, 5.74) is 0.379. The lowest BCUT2D eigenvalue weighted by atomic mass is 10.2. The smallest absolute Gasteiger partial charge is 0.251 e. The van der Waals surface area contributed by atoms with Gasteiger partial charge in [-0.25, -0.2) is 4.39 Å². The van der Waals surface area contributed by atoms with Crippen molar-refractivity contribution < 1.29 is 9.18 Å². The summed E-state index contributed by atoms with van der Waals surface area (Å²) in [5, 5.41) is 2.64. The van der Waals surface area contributed by atoms with Crippen LogP contribution in [0.1, 0.15) is 23.7 Å². The van der Waals surface area contributed by atoms with E-state index in [4.69, 9.17) is 11.6 Å². The number of amides is 1. The van der Waals surface area contributed by atoms with Crippen LogP contribution in [0, 0.1) is 5.82 Å². The van der Waals surface area contributed by atoms with Crippen LogP contribution in [0.2, 0.25) is 5.02 Å².